The molecule has 0 saturated carbocycles. The predicted octanol–water partition coefficient (Wildman–Crippen LogP) is 1.86. The third-order valence-corrected chi connectivity index (χ3v) is 2.45. The Balaban J connectivity index is 0.00000289. The van der Waals surface area contributed by atoms with E-state index in [0.717, 1.165) is 0 Å². The van der Waals surface area contributed by atoms with Crippen molar-refractivity contribution in [3.8, 4) is 0 Å². The number of nitrogens with two attached hydrogens (primary N) is 1. The zero-order chi connectivity index (χ0) is 12.8. The lowest BCUT2D eigenvalue weighted by atomic mass is 10.2. The van der Waals surface area contributed by atoms with Gasteiger partial charge in [0.1, 0.15) is 5.82 Å². The summed E-state index contributed by atoms with van der Waals surface area (Å²) in [5.41, 5.74) is 6.48. The second-order valence-electron chi connectivity index (χ2n) is 3.81. The Labute approximate surface area is 112 Å². The quantitative estimate of drug-likeness (QED) is 0.863. The molecule has 0 aliphatic rings. The topological polar surface area (TPSA) is 64.3 Å². The van der Waals surface area contributed by atoms with Crippen LogP contribution in [0, 0.1) is 12.7 Å². The Morgan fingerprint density at radius 1 is 1.56 bits per heavy atom. The number of amides is 1. The van der Waals surface area contributed by atoms with Crippen molar-refractivity contribution in [3.05, 3.63) is 29.6 Å². The molecule has 0 aliphatic heterocycles. The highest BCUT2D eigenvalue weighted by atomic mass is 35.5. The molecule has 18 heavy (non-hydrogen) atoms. The van der Waals surface area contributed by atoms with E-state index < -0.39 is 0 Å². The molecule has 1 rings (SSSR count). The van der Waals surface area contributed by atoms with Gasteiger partial charge in [-0.2, -0.15) is 0 Å². The van der Waals surface area contributed by atoms with Gasteiger partial charge in [0.2, 0.25) is 5.91 Å². The molecule has 4 nitrogen and oxygen atoms in total. The maximum absolute atomic E-state index is 13.0. The first-order chi connectivity index (χ1) is 8.06. The number of benzene rings is 1. The number of anilines is 1. The molecule has 0 heterocycles. The first kappa shape index (κ1) is 16.8. The molecule has 0 bridgehead atoms. The standard InChI is InChI=1S/C12H17FN2O2.ClH/c1-8-5-9(3-4-11(8)13)15-12(16)6-10(7-14)17-2;/h3-5,10H,6-7,14H2,1-2H3,(H,15,16);1H. The summed E-state index contributed by atoms with van der Waals surface area (Å²) in [4.78, 5) is 11.6. The molecular weight excluding hydrogens is 259 g/mol. The minimum Gasteiger partial charge on any atom is -0.380 e. The number of ether oxygens (including phenoxy) is 1. The van der Waals surface area contributed by atoms with Crippen LogP contribution in [0.4, 0.5) is 10.1 Å². The molecule has 0 fully saturated rings. The summed E-state index contributed by atoms with van der Waals surface area (Å²) in [5.74, 6) is -0.493. The van der Waals surface area contributed by atoms with Crippen molar-refractivity contribution in [2.24, 2.45) is 5.73 Å². The van der Waals surface area contributed by atoms with E-state index in [4.69, 9.17) is 10.5 Å². The molecule has 1 aromatic rings. The number of halogens is 2. The van der Waals surface area contributed by atoms with Crippen molar-refractivity contribution in [3.63, 3.8) is 0 Å². The van der Waals surface area contributed by atoms with E-state index in [1.807, 2.05) is 0 Å². The average molecular weight is 277 g/mol. The van der Waals surface area contributed by atoms with Crippen LogP contribution in [0.5, 0.6) is 0 Å². The van der Waals surface area contributed by atoms with Gasteiger partial charge in [0.05, 0.1) is 12.5 Å². The molecule has 1 aromatic carbocycles. The molecule has 3 N–H and O–H groups in total. The van der Waals surface area contributed by atoms with E-state index in [-0.39, 0.29) is 43.2 Å². The van der Waals surface area contributed by atoms with Crippen LogP contribution in [0.2, 0.25) is 0 Å². The number of nitrogens with one attached hydrogen (secondary N) is 1. The molecule has 6 heteroatoms. The van der Waals surface area contributed by atoms with Gasteiger partial charge >= 0.3 is 0 Å². The Hall–Kier alpha value is -1.17. The number of hydrogen-bond donors (Lipinski definition) is 2. The van der Waals surface area contributed by atoms with Crippen LogP contribution >= 0.6 is 12.4 Å². The number of carbonyl (C=O) groups excluding carboxylic acids is 1. The van der Waals surface area contributed by atoms with Gasteiger partial charge in [-0.25, -0.2) is 4.39 Å². The molecule has 0 aliphatic carbocycles. The highest BCUT2D eigenvalue weighted by Gasteiger charge is 2.11. The van der Waals surface area contributed by atoms with Gasteiger partial charge in [0.15, 0.2) is 0 Å². The summed E-state index contributed by atoms with van der Waals surface area (Å²) in [6, 6.07) is 4.42. The van der Waals surface area contributed by atoms with Crippen LogP contribution in [-0.4, -0.2) is 25.7 Å². The fraction of sp³-hybridized carbons (Fsp3) is 0.417. The minimum absolute atomic E-state index is 0. The fourth-order valence-electron chi connectivity index (χ4n) is 1.40. The summed E-state index contributed by atoms with van der Waals surface area (Å²) in [5, 5.41) is 2.67. The number of methoxy groups -OCH3 is 1. The monoisotopic (exact) mass is 276 g/mol. The fourth-order valence-corrected chi connectivity index (χ4v) is 1.40. The normalized spacial score (nSPS) is 11.6. The van der Waals surface area contributed by atoms with Crippen molar-refractivity contribution in [1.82, 2.24) is 0 Å². The molecule has 1 unspecified atom stereocenters. The molecule has 1 atom stereocenters. The van der Waals surface area contributed by atoms with E-state index in [2.05, 4.69) is 5.32 Å². The van der Waals surface area contributed by atoms with E-state index in [0.29, 0.717) is 11.3 Å². The lowest BCUT2D eigenvalue weighted by Crippen LogP contribution is -2.28. The Bertz CT molecular complexity index is 398. The number of carbonyl (C=O) groups is 1. The summed E-state index contributed by atoms with van der Waals surface area (Å²) in [6.07, 6.45) is -0.111. The lowest BCUT2D eigenvalue weighted by Gasteiger charge is -2.12. The Morgan fingerprint density at radius 3 is 2.72 bits per heavy atom. The second-order valence-corrected chi connectivity index (χ2v) is 3.81. The van der Waals surface area contributed by atoms with Gasteiger partial charge in [-0.05, 0) is 30.7 Å². The summed E-state index contributed by atoms with van der Waals surface area (Å²) < 4.78 is 18.0. The number of rotatable bonds is 5. The van der Waals surface area contributed by atoms with Crippen LogP contribution in [-0.2, 0) is 9.53 Å². The van der Waals surface area contributed by atoms with Gasteiger partial charge in [0.25, 0.3) is 0 Å². The maximum Gasteiger partial charge on any atom is 0.227 e. The SMILES string of the molecule is COC(CN)CC(=O)Nc1ccc(F)c(C)c1.Cl. The Morgan fingerprint density at radius 2 is 2.22 bits per heavy atom. The van der Waals surface area contributed by atoms with Crippen LogP contribution in [0.3, 0.4) is 0 Å². The third-order valence-electron chi connectivity index (χ3n) is 2.45. The van der Waals surface area contributed by atoms with Crippen LogP contribution in [0.25, 0.3) is 0 Å². The van der Waals surface area contributed by atoms with Crippen molar-refractivity contribution in [2.45, 2.75) is 19.4 Å². The summed E-state index contributed by atoms with van der Waals surface area (Å²) in [6.45, 7) is 1.93. The summed E-state index contributed by atoms with van der Waals surface area (Å²) in [7, 11) is 1.51. The van der Waals surface area contributed by atoms with Gasteiger partial charge in [-0.1, -0.05) is 0 Å². The molecule has 0 aromatic heterocycles. The van der Waals surface area contributed by atoms with E-state index in [1.165, 1.54) is 19.2 Å². The van der Waals surface area contributed by atoms with Crippen molar-refractivity contribution >= 4 is 24.0 Å². The highest BCUT2D eigenvalue weighted by Crippen LogP contribution is 2.14. The van der Waals surface area contributed by atoms with Crippen LogP contribution in [0.15, 0.2) is 18.2 Å². The van der Waals surface area contributed by atoms with E-state index in [9.17, 15) is 9.18 Å². The Kier molecular flexibility index (Phi) is 7.50. The molecule has 0 spiro atoms. The van der Waals surface area contributed by atoms with Crippen molar-refractivity contribution < 1.29 is 13.9 Å². The number of hydrogen-bond acceptors (Lipinski definition) is 3. The highest BCUT2D eigenvalue weighted by molar-refractivity contribution is 5.91. The third kappa shape index (κ3) is 5.00. The zero-order valence-corrected chi connectivity index (χ0v) is 11.2. The average Bonchev–Trinajstić information content (AvgIpc) is 2.31. The smallest absolute Gasteiger partial charge is 0.227 e. The van der Waals surface area contributed by atoms with Crippen LogP contribution in [0.1, 0.15) is 12.0 Å². The van der Waals surface area contributed by atoms with Crippen molar-refractivity contribution in [2.75, 3.05) is 19.0 Å². The number of aryl methyl sites for hydroxylation is 1. The van der Waals surface area contributed by atoms with Gasteiger partial charge in [-0.15, -0.1) is 12.4 Å². The van der Waals surface area contributed by atoms with E-state index >= 15 is 0 Å². The largest absolute Gasteiger partial charge is 0.380 e. The van der Waals surface area contributed by atoms with Gasteiger partial charge in [0, 0.05) is 19.3 Å². The summed E-state index contributed by atoms with van der Waals surface area (Å²) >= 11 is 0. The lowest BCUT2D eigenvalue weighted by molar-refractivity contribution is -0.118. The molecule has 1 amide bonds. The first-order valence-corrected chi connectivity index (χ1v) is 5.35. The molecule has 0 saturated heterocycles. The minimum atomic E-state index is -0.295. The zero-order valence-electron chi connectivity index (χ0n) is 10.4. The molecule has 102 valence electrons. The molecular formula is C12H18ClFN2O2. The van der Waals surface area contributed by atoms with Crippen LogP contribution < -0.4 is 11.1 Å². The first-order valence-electron chi connectivity index (χ1n) is 5.35. The second kappa shape index (κ2) is 8.02. The maximum atomic E-state index is 13.0. The van der Waals surface area contributed by atoms with Gasteiger partial charge in [-0.3, -0.25) is 4.79 Å². The van der Waals surface area contributed by atoms with Crippen molar-refractivity contribution in [1.29, 1.82) is 0 Å². The van der Waals surface area contributed by atoms with E-state index in [1.54, 1.807) is 13.0 Å². The van der Waals surface area contributed by atoms with Gasteiger partial charge < -0.3 is 15.8 Å². The molecule has 0 radical (unpaired) electrons. The predicted molar refractivity (Wildman–Crippen MR) is 71.5 cm³/mol.